The molecular weight excluding hydrogens is 272 g/mol. The molecular formula is C15H24N2O2S. The average molecular weight is 296 g/mol. The van der Waals surface area contributed by atoms with Crippen LogP contribution in [0.4, 0.5) is 0 Å². The van der Waals surface area contributed by atoms with Gasteiger partial charge in [-0.1, -0.05) is 44.9 Å². The lowest BCUT2D eigenvalue weighted by molar-refractivity contribution is 0.409. The zero-order chi connectivity index (χ0) is 14.8. The van der Waals surface area contributed by atoms with Crippen LogP contribution in [0, 0.1) is 0 Å². The summed E-state index contributed by atoms with van der Waals surface area (Å²) in [5, 5.41) is 0. The molecule has 0 fully saturated rings. The Bertz CT molecular complexity index is 490. The third-order valence-corrected chi connectivity index (χ3v) is 4.23. The first-order chi connectivity index (χ1) is 9.60. The van der Waals surface area contributed by atoms with Crippen molar-refractivity contribution in [2.75, 3.05) is 13.1 Å². The van der Waals surface area contributed by atoms with Crippen LogP contribution in [0.5, 0.6) is 0 Å². The summed E-state index contributed by atoms with van der Waals surface area (Å²) < 4.78 is 27.9. The molecule has 0 atom stereocenters. The molecule has 0 saturated carbocycles. The molecule has 1 aromatic carbocycles. The Morgan fingerprint density at radius 1 is 1.05 bits per heavy atom. The molecule has 0 aliphatic rings. The largest absolute Gasteiger partial charge is 0.362 e. The van der Waals surface area contributed by atoms with Crippen molar-refractivity contribution < 1.29 is 8.42 Å². The van der Waals surface area contributed by atoms with Crippen molar-refractivity contribution in [2.24, 2.45) is 4.40 Å². The van der Waals surface area contributed by atoms with E-state index in [0.717, 1.165) is 38.8 Å². The Morgan fingerprint density at radius 3 is 2.10 bits per heavy atom. The highest BCUT2D eigenvalue weighted by Gasteiger charge is 2.11. The van der Waals surface area contributed by atoms with E-state index < -0.39 is 10.0 Å². The number of sulfonamides is 1. The van der Waals surface area contributed by atoms with Gasteiger partial charge >= 0.3 is 0 Å². The van der Waals surface area contributed by atoms with Crippen molar-refractivity contribution in [1.82, 2.24) is 4.90 Å². The fourth-order valence-corrected chi connectivity index (χ4v) is 2.61. The smallest absolute Gasteiger partial charge is 0.283 e. The Hall–Kier alpha value is -1.36. The van der Waals surface area contributed by atoms with Crippen molar-refractivity contribution in [1.29, 1.82) is 0 Å². The van der Waals surface area contributed by atoms with E-state index in [1.807, 2.05) is 4.90 Å². The lowest BCUT2D eigenvalue weighted by atomic mass is 10.3. The first-order valence-electron chi connectivity index (χ1n) is 7.19. The van der Waals surface area contributed by atoms with E-state index in [-0.39, 0.29) is 4.90 Å². The third-order valence-electron chi connectivity index (χ3n) is 2.99. The van der Waals surface area contributed by atoms with Crippen LogP contribution < -0.4 is 0 Å². The maximum atomic E-state index is 12.1. The predicted octanol–water partition coefficient (Wildman–Crippen LogP) is 3.31. The molecule has 0 unspecified atom stereocenters. The van der Waals surface area contributed by atoms with Gasteiger partial charge in [0.05, 0.1) is 4.90 Å². The van der Waals surface area contributed by atoms with Gasteiger partial charge in [0, 0.05) is 13.1 Å². The maximum Gasteiger partial charge on any atom is 0.283 e. The fraction of sp³-hybridized carbons (Fsp3) is 0.533. The molecule has 1 aromatic rings. The summed E-state index contributed by atoms with van der Waals surface area (Å²) in [7, 11) is -3.58. The summed E-state index contributed by atoms with van der Waals surface area (Å²) in [6, 6.07) is 8.32. The van der Waals surface area contributed by atoms with Crippen molar-refractivity contribution in [3.63, 3.8) is 0 Å². The van der Waals surface area contributed by atoms with Gasteiger partial charge in [-0.25, -0.2) is 0 Å². The summed E-state index contributed by atoms with van der Waals surface area (Å²) in [4.78, 5) is 2.23. The summed E-state index contributed by atoms with van der Waals surface area (Å²) in [5.41, 5.74) is 0. The van der Waals surface area contributed by atoms with Gasteiger partial charge in [0.2, 0.25) is 0 Å². The fourth-order valence-electron chi connectivity index (χ4n) is 1.73. The zero-order valence-corrected chi connectivity index (χ0v) is 13.1. The van der Waals surface area contributed by atoms with Crippen molar-refractivity contribution >= 4 is 16.4 Å². The standard InChI is InChI=1S/C15H24N2O2S/c1-3-5-12-17(13-6-4-2)14-16-20(18,19)15-10-8-7-9-11-15/h7-11,14H,3-6,12-13H2,1-2H3. The minimum atomic E-state index is -3.58. The second kappa shape index (κ2) is 8.74. The Balaban J connectivity index is 2.75. The molecule has 0 aliphatic heterocycles. The van der Waals surface area contributed by atoms with E-state index in [1.165, 1.54) is 6.34 Å². The van der Waals surface area contributed by atoms with Crippen molar-refractivity contribution in [2.45, 2.75) is 44.4 Å². The maximum absolute atomic E-state index is 12.1. The van der Waals surface area contributed by atoms with E-state index in [4.69, 9.17) is 0 Å². The van der Waals surface area contributed by atoms with Gasteiger partial charge in [-0.15, -0.1) is 4.40 Å². The van der Waals surface area contributed by atoms with Crippen LogP contribution in [0.15, 0.2) is 39.6 Å². The third kappa shape index (κ3) is 5.74. The van der Waals surface area contributed by atoms with Gasteiger partial charge in [0.25, 0.3) is 10.0 Å². The monoisotopic (exact) mass is 296 g/mol. The zero-order valence-electron chi connectivity index (χ0n) is 12.3. The van der Waals surface area contributed by atoms with Crippen LogP contribution in [0.3, 0.4) is 0 Å². The Kier molecular flexibility index (Phi) is 7.30. The summed E-state index contributed by atoms with van der Waals surface area (Å²) in [6.45, 7) is 5.94. The number of unbranched alkanes of at least 4 members (excludes halogenated alkanes) is 2. The molecule has 20 heavy (non-hydrogen) atoms. The highest BCUT2D eigenvalue weighted by Crippen LogP contribution is 2.10. The van der Waals surface area contributed by atoms with Gasteiger partial charge < -0.3 is 4.90 Å². The minimum Gasteiger partial charge on any atom is -0.362 e. The predicted molar refractivity (Wildman–Crippen MR) is 83.5 cm³/mol. The Labute approximate surface area is 122 Å². The first-order valence-corrected chi connectivity index (χ1v) is 8.63. The van der Waals surface area contributed by atoms with Gasteiger partial charge in [-0.2, -0.15) is 8.42 Å². The Morgan fingerprint density at radius 2 is 1.60 bits per heavy atom. The van der Waals surface area contributed by atoms with Crippen molar-refractivity contribution in [3.8, 4) is 0 Å². The minimum absolute atomic E-state index is 0.238. The molecule has 0 heterocycles. The highest BCUT2D eigenvalue weighted by molar-refractivity contribution is 7.90. The summed E-state index contributed by atoms with van der Waals surface area (Å²) in [6.07, 6.45) is 5.74. The SMILES string of the molecule is CCCCN(C=NS(=O)(=O)c1ccccc1)CCCC. The molecule has 0 bridgehead atoms. The highest BCUT2D eigenvalue weighted by atomic mass is 32.2. The van der Waals surface area contributed by atoms with E-state index >= 15 is 0 Å². The second-order valence-electron chi connectivity index (χ2n) is 4.75. The van der Waals surface area contributed by atoms with Crippen LogP contribution in [-0.2, 0) is 10.0 Å². The number of hydrogen-bond acceptors (Lipinski definition) is 2. The first kappa shape index (κ1) is 16.7. The van der Waals surface area contributed by atoms with E-state index in [9.17, 15) is 8.42 Å². The van der Waals surface area contributed by atoms with Crippen LogP contribution in [-0.4, -0.2) is 32.7 Å². The molecule has 0 radical (unpaired) electrons. The van der Waals surface area contributed by atoms with E-state index in [2.05, 4.69) is 18.2 Å². The molecule has 0 spiro atoms. The number of hydrogen-bond donors (Lipinski definition) is 0. The van der Waals surface area contributed by atoms with Crippen LogP contribution in [0.25, 0.3) is 0 Å². The summed E-state index contributed by atoms with van der Waals surface area (Å²) >= 11 is 0. The molecule has 5 heteroatoms. The molecule has 0 saturated heterocycles. The van der Waals surface area contributed by atoms with Gasteiger partial charge in [-0.05, 0) is 25.0 Å². The topological polar surface area (TPSA) is 49.7 Å². The van der Waals surface area contributed by atoms with Gasteiger partial charge in [-0.3, -0.25) is 0 Å². The lowest BCUT2D eigenvalue weighted by Crippen LogP contribution is -2.25. The molecule has 1 rings (SSSR count). The van der Waals surface area contributed by atoms with Crippen LogP contribution in [0.1, 0.15) is 39.5 Å². The van der Waals surface area contributed by atoms with E-state index in [1.54, 1.807) is 30.3 Å². The quantitative estimate of drug-likeness (QED) is 0.519. The molecule has 0 N–H and O–H groups in total. The number of benzene rings is 1. The normalized spacial score (nSPS) is 11.9. The van der Waals surface area contributed by atoms with Crippen LogP contribution in [0.2, 0.25) is 0 Å². The van der Waals surface area contributed by atoms with E-state index in [0.29, 0.717) is 0 Å². The van der Waals surface area contributed by atoms with Gasteiger partial charge in [0.1, 0.15) is 6.34 Å². The van der Waals surface area contributed by atoms with Crippen molar-refractivity contribution in [3.05, 3.63) is 30.3 Å². The second-order valence-corrected chi connectivity index (χ2v) is 6.38. The molecule has 112 valence electrons. The molecule has 4 nitrogen and oxygen atoms in total. The number of rotatable bonds is 9. The lowest BCUT2D eigenvalue weighted by Gasteiger charge is -2.18. The molecule has 0 aromatic heterocycles. The molecule has 0 aliphatic carbocycles. The molecule has 0 amide bonds. The average Bonchev–Trinajstić information content (AvgIpc) is 2.47. The van der Waals surface area contributed by atoms with Gasteiger partial charge in [0.15, 0.2) is 0 Å². The summed E-state index contributed by atoms with van der Waals surface area (Å²) in [5.74, 6) is 0. The number of nitrogens with zero attached hydrogens (tertiary/aromatic N) is 2. The van der Waals surface area contributed by atoms with Crippen LogP contribution >= 0.6 is 0 Å².